The molecule has 2 aromatic rings. The van der Waals surface area contributed by atoms with Crippen LogP contribution in [0.4, 0.5) is 11.4 Å². The van der Waals surface area contributed by atoms with Crippen molar-refractivity contribution in [2.24, 2.45) is 0 Å². The van der Waals surface area contributed by atoms with Crippen molar-refractivity contribution in [3.63, 3.8) is 0 Å². The first-order valence-corrected chi connectivity index (χ1v) is 5.06. The van der Waals surface area contributed by atoms with Crippen LogP contribution in [0.1, 0.15) is 5.56 Å². The summed E-state index contributed by atoms with van der Waals surface area (Å²) in [4.78, 5) is 2.10. The van der Waals surface area contributed by atoms with Crippen molar-refractivity contribution >= 4 is 22.1 Å². The van der Waals surface area contributed by atoms with E-state index in [1.807, 2.05) is 26.2 Å². The maximum absolute atomic E-state index is 6.02. The Morgan fingerprint density at radius 2 is 1.87 bits per heavy atom. The Kier molecular flexibility index (Phi) is 2.27. The predicted octanol–water partition coefficient (Wildman–Crippen LogP) is 2.80. The first-order chi connectivity index (χ1) is 7.09. The van der Waals surface area contributed by atoms with Crippen LogP contribution in [0.5, 0.6) is 0 Å². The summed E-state index contributed by atoms with van der Waals surface area (Å²) in [6.45, 7) is 2.11. The fourth-order valence-electron chi connectivity index (χ4n) is 1.93. The lowest BCUT2D eigenvalue weighted by molar-refractivity contribution is 1.14. The number of hydrogen-bond donors (Lipinski definition) is 1. The standard InChI is InChI=1S/C13H16N2/c1-9-7-10-5-4-6-11(14)13(10)12(8-9)15(2)3/h4-8H,14H2,1-3H3. The minimum atomic E-state index is 0.844. The summed E-state index contributed by atoms with van der Waals surface area (Å²) in [5.74, 6) is 0. The maximum Gasteiger partial charge on any atom is 0.0464 e. The van der Waals surface area contributed by atoms with Crippen molar-refractivity contribution in [1.82, 2.24) is 0 Å². The van der Waals surface area contributed by atoms with Gasteiger partial charge in [-0.3, -0.25) is 0 Å². The number of nitrogens with two attached hydrogens (primary N) is 1. The van der Waals surface area contributed by atoms with E-state index in [1.165, 1.54) is 16.6 Å². The van der Waals surface area contributed by atoms with Gasteiger partial charge in [-0.2, -0.15) is 0 Å². The number of hydrogen-bond acceptors (Lipinski definition) is 2. The summed E-state index contributed by atoms with van der Waals surface area (Å²) >= 11 is 0. The van der Waals surface area contributed by atoms with E-state index in [-0.39, 0.29) is 0 Å². The molecule has 0 atom stereocenters. The molecule has 0 unspecified atom stereocenters. The zero-order valence-electron chi connectivity index (χ0n) is 9.41. The molecular weight excluding hydrogens is 184 g/mol. The molecule has 2 N–H and O–H groups in total. The van der Waals surface area contributed by atoms with Gasteiger partial charge in [0.2, 0.25) is 0 Å². The predicted molar refractivity (Wildman–Crippen MR) is 67.4 cm³/mol. The zero-order chi connectivity index (χ0) is 11.0. The van der Waals surface area contributed by atoms with E-state index in [1.54, 1.807) is 0 Å². The Morgan fingerprint density at radius 3 is 2.53 bits per heavy atom. The normalized spacial score (nSPS) is 10.6. The second-order valence-electron chi connectivity index (χ2n) is 4.12. The highest BCUT2D eigenvalue weighted by Gasteiger charge is 2.06. The third-order valence-corrected chi connectivity index (χ3v) is 2.61. The Hall–Kier alpha value is -1.70. The lowest BCUT2D eigenvalue weighted by atomic mass is 10.0. The lowest BCUT2D eigenvalue weighted by Gasteiger charge is -2.17. The summed E-state index contributed by atoms with van der Waals surface area (Å²) in [5.41, 5.74) is 9.31. The third-order valence-electron chi connectivity index (χ3n) is 2.61. The first-order valence-electron chi connectivity index (χ1n) is 5.06. The average Bonchev–Trinajstić information content (AvgIpc) is 2.16. The molecule has 0 aromatic heterocycles. The molecule has 78 valence electrons. The molecule has 0 bridgehead atoms. The minimum absolute atomic E-state index is 0.844. The Morgan fingerprint density at radius 1 is 1.13 bits per heavy atom. The van der Waals surface area contributed by atoms with E-state index in [0.717, 1.165) is 11.1 Å². The highest BCUT2D eigenvalue weighted by Crippen LogP contribution is 2.31. The van der Waals surface area contributed by atoms with E-state index < -0.39 is 0 Å². The molecule has 0 aliphatic carbocycles. The molecule has 0 amide bonds. The van der Waals surface area contributed by atoms with Crippen LogP contribution in [0.2, 0.25) is 0 Å². The molecule has 0 saturated heterocycles. The van der Waals surface area contributed by atoms with Gasteiger partial charge in [-0.05, 0) is 30.0 Å². The molecule has 0 saturated carbocycles. The number of anilines is 2. The Labute approximate surface area is 90.3 Å². The van der Waals surface area contributed by atoms with Gasteiger partial charge in [0.05, 0.1) is 0 Å². The molecule has 15 heavy (non-hydrogen) atoms. The maximum atomic E-state index is 6.02. The van der Waals surface area contributed by atoms with E-state index in [9.17, 15) is 0 Å². The fraction of sp³-hybridized carbons (Fsp3) is 0.231. The second kappa shape index (κ2) is 3.46. The van der Waals surface area contributed by atoms with Crippen LogP contribution in [0.3, 0.4) is 0 Å². The zero-order valence-corrected chi connectivity index (χ0v) is 9.41. The molecule has 2 rings (SSSR count). The van der Waals surface area contributed by atoms with Crippen LogP contribution in [-0.4, -0.2) is 14.1 Å². The van der Waals surface area contributed by atoms with Gasteiger partial charge in [0.25, 0.3) is 0 Å². The van der Waals surface area contributed by atoms with Gasteiger partial charge in [-0.15, -0.1) is 0 Å². The van der Waals surface area contributed by atoms with Crippen molar-refractivity contribution in [1.29, 1.82) is 0 Å². The monoisotopic (exact) mass is 200 g/mol. The number of fused-ring (bicyclic) bond motifs is 1. The minimum Gasteiger partial charge on any atom is -0.398 e. The van der Waals surface area contributed by atoms with Crippen LogP contribution in [0, 0.1) is 6.92 Å². The van der Waals surface area contributed by atoms with Crippen LogP contribution < -0.4 is 10.6 Å². The summed E-state index contributed by atoms with van der Waals surface area (Å²) in [6.07, 6.45) is 0. The lowest BCUT2D eigenvalue weighted by Crippen LogP contribution is -2.10. The fourth-order valence-corrected chi connectivity index (χ4v) is 1.93. The summed E-state index contributed by atoms with van der Waals surface area (Å²) in [7, 11) is 4.08. The van der Waals surface area contributed by atoms with Gasteiger partial charge < -0.3 is 10.6 Å². The van der Waals surface area contributed by atoms with Crippen LogP contribution in [0.25, 0.3) is 10.8 Å². The molecule has 2 nitrogen and oxygen atoms in total. The molecular formula is C13H16N2. The van der Waals surface area contributed by atoms with Gasteiger partial charge >= 0.3 is 0 Å². The van der Waals surface area contributed by atoms with Gasteiger partial charge in [0.15, 0.2) is 0 Å². The first kappa shape index (κ1) is 9.84. The summed E-state index contributed by atoms with van der Waals surface area (Å²) in [5, 5.41) is 2.35. The van der Waals surface area contributed by atoms with Gasteiger partial charge in [0.1, 0.15) is 0 Å². The van der Waals surface area contributed by atoms with Crippen molar-refractivity contribution in [3.05, 3.63) is 35.9 Å². The van der Waals surface area contributed by atoms with Gasteiger partial charge in [0, 0.05) is 30.9 Å². The second-order valence-corrected chi connectivity index (χ2v) is 4.12. The Bertz CT molecular complexity index is 501. The van der Waals surface area contributed by atoms with E-state index >= 15 is 0 Å². The molecule has 0 aliphatic rings. The van der Waals surface area contributed by atoms with Crippen molar-refractivity contribution in [3.8, 4) is 0 Å². The van der Waals surface area contributed by atoms with E-state index in [4.69, 9.17) is 5.73 Å². The number of benzene rings is 2. The molecule has 0 spiro atoms. The quantitative estimate of drug-likeness (QED) is 0.717. The van der Waals surface area contributed by atoms with Gasteiger partial charge in [-0.25, -0.2) is 0 Å². The van der Waals surface area contributed by atoms with E-state index in [2.05, 4.69) is 30.0 Å². The molecule has 2 aromatic carbocycles. The molecule has 0 fully saturated rings. The molecule has 2 heteroatoms. The third kappa shape index (κ3) is 1.63. The topological polar surface area (TPSA) is 29.3 Å². The highest BCUT2D eigenvalue weighted by atomic mass is 15.1. The molecule has 0 heterocycles. The van der Waals surface area contributed by atoms with Crippen LogP contribution in [-0.2, 0) is 0 Å². The van der Waals surface area contributed by atoms with Crippen molar-refractivity contribution < 1.29 is 0 Å². The smallest absolute Gasteiger partial charge is 0.0464 e. The largest absolute Gasteiger partial charge is 0.398 e. The van der Waals surface area contributed by atoms with Gasteiger partial charge in [-0.1, -0.05) is 18.2 Å². The number of nitrogens with zero attached hydrogens (tertiary/aromatic N) is 1. The average molecular weight is 200 g/mol. The summed E-state index contributed by atoms with van der Waals surface area (Å²) in [6, 6.07) is 10.4. The summed E-state index contributed by atoms with van der Waals surface area (Å²) < 4.78 is 0. The molecule has 0 radical (unpaired) electrons. The number of aryl methyl sites for hydroxylation is 1. The van der Waals surface area contributed by atoms with Crippen molar-refractivity contribution in [2.75, 3.05) is 24.7 Å². The highest BCUT2D eigenvalue weighted by molar-refractivity contribution is 6.03. The van der Waals surface area contributed by atoms with Crippen LogP contribution >= 0.6 is 0 Å². The number of nitrogen functional groups attached to an aromatic ring is 1. The SMILES string of the molecule is Cc1cc(N(C)C)c2c(N)cccc2c1. The Balaban J connectivity index is 2.88. The molecule has 0 aliphatic heterocycles. The van der Waals surface area contributed by atoms with E-state index in [0.29, 0.717) is 0 Å². The number of rotatable bonds is 1. The van der Waals surface area contributed by atoms with Crippen LogP contribution in [0.15, 0.2) is 30.3 Å². The van der Waals surface area contributed by atoms with Crippen molar-refractivity contribution in [2.45, 2.75) is 6.92 Å².